The normalized spacial score (nSPS) is 10.3. The molecule has 0 bridgehead atoms. The Kier molecular flexibility index (Phi) is 4.93. The van der Waals surface area contributed by atoms with E-state index in [4.69, 9.17) is 23.2 Å². The van der Waals surface area contributed by atoms with Crippen molar-refractivity contribution in [2.75, 3.05) is 6.54 Å². The maximum atomic E-state index is 12.3. The first-order chi connectivity index (χ1) is 9.60. The van der Waals surface area contributed by atoms with Crippen LogP contribution in [0.5, 0.6) is 0 Å². The SMILES string of the molecule is CCN(Cc1cccc(Cl)c1)C(=O)c1cnc(Cl)cn1. The molecule has 0 saturated carbocycles. The molecule has 0 saturated heterocycles. The maximum Gasteiger partial charge on any atom is 0.274 e. The monoisotopic (exact) mass is 309 g/mol. The fraction of sp³-hybridized carbons (Fsp3) is 0.214. The molecule has 1 aromatic carbocycles. The number of benzene rings is 1. The zero-order valence-corrected chi connectivity index (χ0v) is 12.4. The topological polar surface area (TPSA) is 46.1 Å². The van der Waals surface area contributed by atoms with Crippen LogP contribution in [0, 0.1) is 0 Å². The molecule has 0 aliphatic rings. The van der Waals surface area contributed by atoms with Gasteiger partial charge in [-0.25, -0.2) is 9.97 Å². The summed E-state index contributed by atoms with van der Waals surface area (Å²) in [6, 6.07) is 7.42. The molecule has 2 aromatic rings. The first-order valence-corrected chi connectivity index (χ1v) is 6.87. The molecule has 1 heterocycles. The largest absolute Gasteiger partial charge is 0.333 e. The van der Waals surface area contributed by atoms with E-state index < -0.39 is 0 Å². The van der Waals surface area contributed by atoms with Crippen LogP contribution in [0.4, 0.5) is 0 Å². The quantitative estimate of drug-likeness (QED) is 0.869. The molecule has 6 heteroatoms. The average Bonchev–Trinajstić information content (AvgIpc) is 2.45. The molecular weight excluding hydrogens is 297 g/mol. The van der Waals surface area contributed by atoms with Crippen molar-refractivity contribution in [2.45, 2.75) is 13.5 Å². The molecule has 104 valence electrons. The first-order valence-electron chi connectivity index (χ1n) is 6.11. The van der Waals surface area contributed by atoms with Gasteiger partial charge in [0.05, 0.1) is 12.4 Å². The Morgan fingerprint density at radius 1 is 1.25 bits per heavy atom. The summed E-state index contributed by atoms with van der Waals surface area (Å²) < 4.78 is 0. The van der Waals surface area contributed by atoms with E-state index in [0.717, 1.165) is 5.56 Å². The van der Waals surface area contributed by atoms with Gasteiger partial charge >= 0.3 is 0 Å². The predicted octanol–water partition coefficient (Wildman–Crippen LogP) is 3.45. The minimum absolute atomic E-state index is 0.184. The molecule has 1 aromatic heterocycles. The molecule has 0 aliphatic heterocycles. The molecule has 0 radical (unpaired) electrons. The standard InChI is InChI=1S/C14H13Cl2N3O/c1-2-19(9-10-4-3-5-11(15)6-10)14(20)12-7-18-13(16)8-17-12/h3-8H,2,9H2,1H3. The van der Waals surface area contributed by atoms with Crippen LogP contribution in [-0.4, -0.2) is 27.3 Å². The summed E-state index contributed by atoms with van der Waals surface area (Å²) in [6.45, 7) is 2.95. The van der Waals surface area contributed by atoms with Crippen LogP contribution < -0.4 is 0 Å². The smallest absolute Gasteiger partial charge is 0.274 e. The second-order valence-electron chi connectivity index (χ2n) is 4.17. The lowest BCUT2D eigenvalue weighted by molar-refractivity contribution is 0.0746. The summed E-state index contributed by atoms with van der Waals surface area (Å²) in [7, 11) is 0. The van der Waals surface area contributed by atoms with Crippen LogP contribution >= 0.6 is 23.2 Å². The van der Waals surface area contributed by atoms with E-state index in [2.05, 4.69) is 9.97 Å². The lowest BCUT2D eigenvalue weighted by atomic mass is 10.2. The summed E-state index contributed by atoms with van der Waals surface area (Å²) in [6.07, 6.45) is 2.74. The molecule has 0 unspecified atom stereocenters. The van der Waals surface area contributed by atoms with Crippen molar-refractivity contribution in [2.24, 2.45) is 0 Å². The van der Waals surface area contributed by atoms with E-state index in [1.54, 1.807) is 11.0 Å². The number of amides is 1. The Balaban J connectivity index is 2.15. The van der Waals surface area contributed by atoms with Gasteiger partial charge in [-0.1, -0.05) is 35.3 Å². The zero-order chi connectivity index (χ0) is 14.5. The first kappa shape index (κ1) is 14.8. The van der Waals surface area contributed by atoms with E-state index in [-0.39, 0.29) is 16.8 Å². The molecule has 0 atom stereocenters. The number of aromatic nitrogens is 2. The van der Waals surface area contributed by atoms with Gasteiger partial charge in [-0.15, -0.1) is 0 Å². The number of carbonyl (C=O) groups excluding carboxylic acids is 1. The molecular formula is C14H13Cl2N3O. The summed E-state index contributed by atoms with van der Waals surface area (Å²) in [5, 5.41) is 0.914. The van der Waals surface area contributed by atoms with E-state index in [1.807, 2.05) is 25.1 Å². The average molecular weight is 310 g/mol. The summed E-state index contributed by atoms with van der Waals surface area (Å²) >= 11 is 11.6. The van der Waals surface area contributed by atoms with Crippen LogP contribution in [0.1, 0.15) is 23.0 Å². The number of carbonyl (C=O) groups is 1. The number of hydrogen-bond acceptors (Lipinski definition) is 3. The van der Waals surface area contributed by atoms with E-state index in [9.17, 15) is 4.79 Å². The van der Waals surface area contributed by atoms with Gasteiger partial charge in [0.15, 0.2) is 0 Å². The molecule has 4 nitrogen and oxygen atoms in total. The maximum absolute atomic E-state index is 12.3. The van der Waals surface area contributed by atoms with Gasteiger partial charge in [0, 0.05) is 18.1 Å². The predicted molar refractivity (Wildman–Crippen MR) is 78.9 cm³/mol. The second kappa shape index (κ2) is 6.68. The molecule has 0 aliphatic carbocycles. The van der Waals surface area contributed by atoms with E-state index >= 15 is 0 Å². The third kappa shape index (κ3) is 3.68. The molecule has 0 spiro atoms. The van der Waals surface area contributed by atoms with Crippen molar-refractivity contribution in [3.63, 3.8) is 0 Å². The minimum atomic E-state index is -0.184. The lowest BCUT2D eigenvalue weighted by Crippen LogP contribution is -2.31. The fourth-order valence-corrected chi connectivity index (χ4v) is 2.08. The highest BCUT2D eigenvalue weighted by Gasteiger charge is 2.16. The van der Waals surface area contributed by atoms with Gasteiger partial charge in [0.25, 0.3) is 5.91 Å². The summed E-state index contributed by atoms with van der Waals surface area (Å²) in [5.41, 5.74) is 1.24. The summed E-state index contributed by atoms with van der Waals surface area (Å²) in [5.74, 6) is -0.184. The van der Waals surface area contributed by atoms with Gasteiger partial charge in [-0.3, -0.25) is 4.79 Å². The number of rotatable bonds is 4. The van der Waals surface area contributed by atoms with Gasteiger partial charge < -0.3 is 4.90 Å². The van der Waals surface area contributed by atoms with Crippen molar-refractivity contribution in [1.29, 1.82) is 0 Å². The third-order valence-electron chi connectivity index (χ3n) is 2.77. The van der Waals surface area contributed by atoms with Crippen LogP contribution in [0.25, 0.3) is 0 Å². The van der Waals surface area contributed by atoms with Crippen molar-refractivity contribution < 1.29 is 4.79 Å². The Morgan fingerprint density at radius 2 is 2.05 bits per heavy atom. The molecule has 2 rings (SSSR count). The van der Waals surface area contributed by atoms with Crippen molar-refractivity contribution in [3.8, 4) is 0 Å². The Bertz CT molecular complexity index is 602. The highest BCUT2D eigenvalue weighted by Crippen LogP contribution is 2.14. The van der Waals surface area contributed by atoms with Crippen molar-refractivity contribution in [1.82, 2.24) is 14.9 Å². The van der Waals surface area contributed by atoms with Crippen LogP contribution in [0.2, 0.25) is 10.2 Å². The van der Waals surface area contributed by atoms with Crippen LogP contribution in [0.15, 0.2) is 36.7 Å². The Morgan fingerprint density at radius 3 is 2.65 bits per heavy atom. The van der Waals surface area contributed by atoms with Gasteiger partial charge in [0.2, 0.25) is 0 Å². The molecule has 0 N–H and O–H groups in total. The third-order valence-corrected chi connectivity index (χ3v) is 3.20. The van der Waals surface area contributed by atoms with E-state index in [1.165, 1.54) is 12.4 Å². The summed E-state index contributed by atoms with van der Waals surface area (Å²) in [4.78, 5) is 21.9. The highest BCUT2D eigenvalue weighted by atomic mass is 35.5. The number of halogens is 2. The van der Waals surface area contributed by atoms with Gasteiger partial charge in [-0.2, -0.15) is 0 Å². The molecule has 20 heavy (non-hydrogen) atoms. The Hall–Kier alpha value is -1.65. The zero-order valence-electron chi connectivity index (χ0n) is 10.9. The van der Waals surface area contributed by atoms with Gasteiger partial charge in [-0.05, 0) is 24.6 Å². The second-order valence-corrected chi connectivity index (χ2v) is 5.00. The van der Waals surface area contributed by atoms with Crippen LogP contribution in [-0.2, 0) is 6.54 Å². The van der Waals surface area contributed by atoms with Crippen molar-refractivity contribution in [3.05, 3.63) is 58.1 Å². The Labute approximate surface area is 127 Å². The molecule has 0 fully saturated rings. The molecule has 1 amide bonds. The fourth-order valence-electron chi connectivity index (χ4n) is 1.77. The van der Waals surface area contributed by atoms with Crippen LogP contribution in [0.3, 0.4) is 0 Å². The highest BCUT2D eigenvalue weighted by molar-refractivity contribution is 6.30. The van der Waals surface area contributed by atoms with Gasteiger partial charge in [0.1, 0.15) is 10.8 Å². The lowest BCUT2D eigenvalue weighted by Gasteiger charge is -2.20. The number of nitrogens with zero attached hydrogens (tertiary/aromatic N) is 3. The van der Waals surface area contributed by atoms with E-state index in [0.29, 0.717) is 18.1 Å². The number of hydrogen-bond donors (Lipinski definition) is 0. The minimum Gasteiger partial charge on any atom is -0.333 e. The van der Waals surface area contributed by atoms with Crippen molar-refractivity contribution >= 4 is 29.1 Å².